The Bertz CT molecular complexity index is 1970. The van der Waals surface area contributed by atoms with Crippen LogP contribution in [-0.4, -0.2) is 84.7 Å². The number of nitrogens with one attached hydrogen (secondary N) is 2. The summed E-state index contributed by atoms with van der Waals surface area (Å²) < 4.78 is 51.7. The van der Waals surface area contributed by atoms with Gasteiger partial charge in [0.05, 0.1) is 19.2 Å². The van der Waals surface area contributed by atoms with E-state index in [0.29, 0.717) is 66.4 Å². The minimum atomic E-state index is -1.29. The van der Waals surface area contributed by atoms with Crippen molar-refractivity contribution in [3.8, 4) is 23.0 Å². The highest BCUT2D eigenvalue weighted by atomic mass is 19.1. The number of pyridine rings is 1. The van der Waals surface area contributed by atoms with Gasteiger partial charge in [0.25, 0.3) is 0 Å². The van der Waals surface area contributed by atoms with Gasteiger partial charge in [-0.1, -0.05) is 0 Å². The normalized spacial score (nSPS) is 15.4. The second-order valence-electron chi connectivity index (χ2n) is 14.1. The Kier molecular flexibility index (Phi) is 11.0. The van der Waals surface area contributed by atoms with E-state index in [1.165, 1.54) is 43.5 Å². The molecule has 280 valence electrons. The van der Waals surface area contributed by atoms with Gasteiger partial charge in [0.2, 0.25) is 11.8 Å². The Balaban J connectivity index is 1.03. The fourth-order valence-corrected chi connectivity index (χ4v) is 5.94. The van der Waals surface area contributed by atoms with Gasteiger partial charge in [-0.15, -0.1) is 0 Å². The number of amides is 3. The van der Waals surface area contributed by atoms with Gasteiger partial charge in [-0.2, -0.15) is 0 Å². The number of carbonyl (C=O) groups is 3. The summed E-state index contributed by atoms with van der Waals surface area (Å²) in [5.41, 5.74) is -0.738. The van der Waals surface area contributed by atoms with Crippen molar-refractivity contribution in [2.24, 2.45) is 5.41 Å². The summed E-state index contributed by atoms with van der Waals surface area (Å²) in [5.74, 6) is -1.04. The molecule has 4 aromatic rings. The zero-order valence-corrected chi connectivity index (χ0v) is 30.2. The molecule has 2 fully saturated rings. The van der Waals surface area contributed by atoms with Gasteiger partial charge in [-0.3, -0.25) is 19.5 Å². The third kappa shape index (κ3) is 9.12. The molecule has 1 saturated carbocycles. The lowest BCUT2D eigenvalue weighted by atomic mass is 10.0. The highest BCUT2D eigenvalue weighted by molar-refractivity contribution is 6.16. The number of nitrogens with zero attached hydrogens (tertiary/aromatic N) is 3. The smallest absolute Gasteiger partial charge is 0.410 e. The van der Waals surface area contributed by atoms with Crippen LogP contribution < -0.4 is 24.8 Å². The van der Waals surface area contributed by atoms with E-state index in [-0.39, 0.29) is 17.5 Å². The molecule has 0 bridgehead atoms. The molecule has 1 aromatic heterocycles. The van der Waals surface area contributed by atoms with Crippen LogP contribution in [0.15, 0.2) is 66.9 Å². The predicted molar refractivity (Wildman–Crippen MR) is 194 cm³/mol. The molecule has 6 rings (SSSR count). The number of benzene rings is 3. The number of piperazine rings is 1. The van der Waals surface area contributed by atoms with Gasteiger partial charge >= 0.3 is 6.09 Å². The molecule has 2 N–H and O–H groups in total. The van der Waals surface area contributed by atoms with E-state index in [1.807, 2.05) is 20.8 Å². The van der Waals surface area contributed by atoms with Crippen LogP contribution in [0.4, 0.5) is 25.0 Å². The number of aromatic nitrogens is 1. The fourth-order valence-electron chi connectivity index (χ4n) is 5.94. The Morgan fingerprint density at radius 1 is 0.830 bits per heavy atom. The maximum Gasteiger partial charge on any atom is 0.410 e. The van der Waals surface area contributed by atoms with Crippen molar-refractivity contribution >= 4 is 40.2 Å². The van der Waals surface area contributed by atoms with Gasteiger partial charge in [-0.25, -0.2) is 13.6 Å². The van der Waals surface area contributed by atoms with Crippen molar-refractivity contribution < 1.29 is 42.1 Å². The molecule has 0 atom stereocenters. The fraction of sp³-hybridized carbons (Fsp3) is 0.385. The minimum Gasteiger partial charge on any atom is -0.493 e. The molecule has 3 amide bonds. The van der Waals surface area contributed by atoms with Crippen LogP contribution >= 0.6 is 0 Å². The largest absolute Gasteiger partial charge is 0.493 e. The summed E-state index contributed by atoms with van der Waals surface area (Å²) >= 11 is 0. The molecule has 1 aliphatic carbocycles. The molecule has 1 saturated heterocycles. The van der Waals surface area contributed by atoms with Crippen LogP contribution in [0.25, 0.3) is 10.9 Å². The summed E-state index contributed by atoms with van der Waals surface area (Å²) in [5, 5.41) is 5.86. The molecule has 53 heavy (non-hydrogen) atoms. The van der Waals surface area contributed by atoms with Crippen molar-refractivity contribution in [3.63, 3.8) is 0 Å². The van der Waals surface area contributed by atoms with Gasteiger partial charge in [0, 0.05) is 67.8 Å². The second-order valence-corrected chi connectivity index (χ2v) is 14.1. The van der Waals surface area contributed by atoms with Gasteiger partial charge < -0.3 is 34.5 Å². The van der Waals surface area contributed by atoms with Gasteiger partial charge in [0.1, 0.15) is 22.6 Å². The number of hydrogen-bond donors (Lipinski definition) is 2. The first-order valence-electron chi connectivity index (χ1n) is 17.5. The number of halogens is 2. The third-order valence-electron chi connectivity index (χ3n) is 9.02. The van der Waals surface area contributed by atoms with Crippen molar-refractivity contribution in [3.05, 3.63) is 78.5 Å². The number of methoxy groups -OCH3 is 1. The van der Waals surface area contributed by atoms with Crippen LogP contribution in [-0.2, 0) is 14.3 Å². The van der Waals surface area contributed by atoms with Crippen molar-refractivity contribution in [1.82, 2.24) is 14.8 Å². The monoisotopic (exact) mass is 731 g/mol. The van der Waals surface area contributed by atoms with Gasteiger partial charge in [0.15, 0.2) is 23.1 Å². The van der Waals surface area contributed by atoms with Gasteiger partial charge in [-0.05, 0) is 88.6 Å². The van der Waals surface area contributed by atoms with Crippen LogP contribution in [0.1, 0.15) is 40.0 Å². The molecule has 1 aliphatic heterocycles. The third-order valence-corrected chi connectivity index (χ3v) is 9.02. The van der Waals surface area contributed by atoms with E-state index >= 15 is 4.39 Å². The topological polar surface area (TPSA) is 132 Å². The average molecular weight is 732 g/mol. The summed E-state index contributed by atoms with van der Waals surface area (Å²) in [6.07, 6.45) is 2.67. The highest BCUT2D eigenvalue weighted by Crippen LogP contribution is 2.48. The molecule has 0 spiro atoms. The van der Waals surface area contributed by atoms with E-state index in [9.17, 15) is 18.8 Å². The standard InChI is InChI=1S/C39H43F2N5O7/c1-38(2,3)53-37(49)46-19-17-45(18-20-46)16-5-21-51-34-24-30-28(23-33(34)50-4)31(12-15-42-30)52-32-11-10-27(22-29(32)41)44-36(48)39(13-14-39)35(47)43-26-8-6-25(40)7-9-26/h6-12,15,22-24H,5,13-14,16-21H2,1-4H3,(H,43,47)(H,44,48). The molecule has 2 heterocycles. The van der Waals surface area contributed by atoms with Crippen molar-refractivity contribution in [2.75, 3.05) is 57.1 Å². The van der Waals surface area contributed by atoms with E-state index in [4.69, 9.17) is 18.9 Å². The summed E-state index contributed by atoms with van der Waals surface area (Å²) in [7, 11) is 1.53. The molecule has 3 aromatic carbocycles. The number of ether oxygens (including phenoxy) is 4. The quantitative estimate of drug-likeness (QED) is 0.117. The van der Waals surface area contributed by atoms with Crippen LogP contribution in [0.3, 0.4) is 0 Å². The van der Waals surface area contributed by atoms with Crippen LogP contribution in [0.5, 0.6) is 23.0 Å². The Labute approximate surface area is 306 Å². The average Bonchev–Trinajstić information content (AvgIpc) is 3.94. The van der Waals surface area contributed by atoms with E-state index in [2.05, 4.69) is 20.5 Å². The summed E-state index contributed by atoms with van der Waals surface area (Å²) in [6.45, 7) is 9.53. The SMILES string of the molecule is COc1cc2c(Oc3ccc(NC(=O)C4(C(=O)Nc5ccc(F)cc5)CC4)cc3F)ccnc2cc1OCCCN1CCN(C(=O)OC(C)(C)C)CC1. The van der Waals surface area contributed by atoms with Crippen LogP contribution in [0, 0.1) is 17.0 Å². The molecule has 0 unspecified atom stereocenters. The zero-order chi connectivity index (χ0) is 37.8. The highest BCUT2D eigenvalue weighted by Gasteiger charge is 2.56. The molecule has 12 nitrogen and oxygen atoms in total. The number of hydrogen-bond acceptors (Lipinski definition) is 9. The molecule has 14 heteroatoms. The van der Waals surface area contributed by atoms with E-state index < -0.39 is 34.5 Å². The predicted octanol–water partition coefficient (Wildman–Crippen LogP) is 6.99. The van der Waals surface area contributed by atoms with Crippen molar-refractivity contribution in [2.45, 2.75) is 45.6 Å². The Morgan fingerprint density at radius 3 is 2.15 bits per heavy atom. The van der Waals surface area contributed by atoms with E-state index in [0.717, 1.165) is 32.1 Å². The molecular formula is C39H43F2N5O7. The number of anilines is 2. The van der Waals surface area contributed by atoms with Crippen molar-refractivity contribution in [1.29, 1.82) is 0 Å². The van der Waals surface area contributed by atoms with E-state index in [1.54, 1.807) is 29.3 Å². The Hall–Kier alpha value is -5.50. The maximum atomic E-state index is 15.3. The lowest BCUT2D eigenvalue weighted by Gasteiger charge is -2.35. The lowest BCUT2D eigenvalue weighted by Crippen LogP contribution is -2.50. The first kappa shape index (κ1) is 37.3. The second kappa shape index (κ2) is 15.6. The first-order valence-corrected chi connectivity index (χ1v) is 17.5. The first-order chi connectivity index (χ1) is 25.3. The number of carbonyl (C=O) groups excluding carboxylic acids is 3. The Morgan fingerprint density at radius 2 is 1.51 bits per heavy atom. The van der Waals surface area contributed by atoms with Crippen LogP contribution in [0.2, 0.25) is 0 Å². The zero-order valence-electron chi connectivity index (χ0n) is 30.2. The molecular weight excluding hydrogens is 688 g/mol. The minimum absolute atomic E-state index is 0.0862. The maximum absolute atomic E-state index is 15.3. The number of rotatable bonds is 12. The molecule has 2 aliphatic rings. The lowest BCUT2D eigenvalue weighted by molar-refractivity contribution is -0.131. The summed E-state index contributed by atoms with van der Waals surface area (Å²) in [6, 6.07) is 14.3. The molecule has 0 radical (unpaired) electrons. The number of fused-ring (bicyclic) bond motifs is 1. The summed E-state index contributed by atoms with van der Waals surface area (Å²) in [4.78, 5) is 46.8.